The summed E-state index contributed by atoms with van der Waals surface area (Å²) >= 11 is 1.61. The highest BCUT2D eigenvalue weighted by Crippen LogP contribution is 2.33. The van der Waals surface area contributed by atoms with E-state index in [1.54, 1.807) is 23.5 Å². The Hall–Kier alpha value is -3.51. The van der Waals surface area contributed by atoms with Gasteiger partial charge in [0.05, 0.1) is 20.6 Å². The van der Waals surface area contributed by atoms with Gasteiger partial charge in [-0.05, 0) is 56.2 Å². The van der Waals surface area contributed by atoms with Gasteiger partial charge in [0, 0.05) is 24.2 Å². The number of thiazole rings is 1. The quantitative estimate of drug-likeness (QED) is 0.385. The monoisotopic (exact) mass is 457 g/mol. The molecule has 0 saturated carbocycles. The van der Waals surface area contributed by atoms with Crippen LogP contribution in [0, 0.1) is 6.92 Å². The van der Waals surface area contributed by atoms with E-state index >= 15 is 0 Å². The second-order valence-corrected chi connectivity index (χ2v) is 9.41. The highest BCUT2D eigenvalue weighted by molar-refractivity contribution is 7.18. The number of para-hydroxylation sites is 1. The minimum atomic E-state index is -0.844. The van der Waals surface area contributed by atoms with Gasteiger partial charge in [0.25, 0.3) is 5.91 Å². The van der Waals surface area contributed by atoms with E-state index in [0.29, 0.717) is 24.2 Å². The Morgan fingerprint density at radius 1 is 1.00 bits per heavy atom. The molecule has 3 aromatic carbocycles. The lowest BCUT2D eigenvalue weighted by atomic mass is 9.78. The maximum Gasteiger partial charge on any atom is 0.251 e. The van der Waals surface area contributed by atoms with E-state index < -0.39 is 5.41 Å². The fourth-order valence-corrected chi connectivity index (χ4v) is 4.96. The lowest BCUT2D eigenvalue weighted by Crippen LogP contribution is -2.40. The standard InChI is InChI=1S/C27H27N3O2S/c1-4-28-25(31)19-15-14-18(2)22(16-19)30-26(32)27(3,20-10-6-5-7-11-20)17-24-29-21-12-8-9-13-23(21)33-24/h5-16H,4,17H2,1-3H3,(H,28,31)(H,30,32). The molecule has 168 valence electrons. The Labute approximate surface area is 197 Å². The number of hydrogen-bond donors (Lipinski definition) is 2. The number of nitrogens with zero attached hydrogens (tertiary/aromatic N) is 1. The average molecular weight is 458 g/mol. The van der Waals surface area contributed by atoms with E-state index in [0.717, 1.165) is 26.4 Å². The molecule has 0 saturated heterocycles. The van der Waals surface area contributed by atoms with Crippen LogP contribution in [0.1, 0.15) is 40.3 Å². The fraction of sp³-hybridized carbons (Fsp3) is 0.222. The van der Waals surface area contributed by atoms with Crippen LogP contribution >= 0.6 is 11.3 Å². The number of amides is 2. The number of carbonyl (C=O) groups excluding carboxylic acids is 2. The molecule has 0 aliphatic carbocycles. The molecule has 0 bridgehead atoms. The molecule has 1 heterocycles. The largest absolute Gasteiger partial charge is 0.352 e. The molecule has 1 aromatic heterocycles. The molecule has 33 heavy (non-hydrogen) atoms. The maximum atomic E-state index is 13.8. The number of rotatable bonds is 7. The number of carbonyl (C=O) groups is 2. The molecule has 5 nitrogen and oxygen atoms in total. The van der Waals surface area contributed by atoms with Gasteiger partial charge in [-0.25, -0.2) is 4.98 Å². The molecule has 0 spiro atoms. The predicted octanol–water partition coefficient (Wildman–Crippen LogP) is 5.49. The first kappa shape index (κ1) is 22.7. The van der Waals surface area contributed by atoms with Gasteiger partial charge in [-0.1, -0.05) is 48.5 Å². The summed E-state index contributed by atoms with van der Waals surface area (Å²) in [6.07, 6.45) is 0.469. The number of aryl methyl sites for hydroxylation is 1. The van der Waals surface area contributed by atoms with Crippen molar-refractivity contribution in [2.24, 2.45) is 0 Å². The van der Waals surface area contributed by atoms with Crippen molar-refractivity contribution < 1.29 is 9.59 Å². The second kappa shape index (κ2) is 9.55. The van der Waals surface area contributed by atoms with Crippen LogP contribution in [0.3, 0.4) is 0 Å². The van der Waals surface area contributed by atoms with Gasteiger partial charge >= 0.3 is 0 Å². The van der Waals surface area contributed by atoms with Crippen LogP contribution in [0.5, 0.6) is 0 Å². The van der Waals surface area contributed by atoms with Crippen molar-refractivity contribution in [1.29, 1.82) is 0 Å². The molecular weight excluding hydrogens is 430 g/mol. The van der Waals surface area contributed by atoms with Crippen LogP contribution in [0.4, 0.5) is 5.69 Å². The van der Waals surface area contributed by atoms with Crippen LogP contribution in [0.15, 0.2) is 72.8 Å². The van der Waals surface area contributed by atoms with Crippen LogP contribution in [-0.2, 0) is 16.6 Å². The van der Waals surface area contributed by atoms with Gasteiger partial charge in [0.2, 0.25) is 5.91 Å². The highest BCUT2D eigenvalue weighted by atomic mass is 32.1. The number of aromatic nitrogens is 1. The summed E-state index contributed by atoms with van der Waals surface area (Å²) in [7, 11) is 0. The molecule has 0 radical (unpaired) electrons. The molecular formula is C27H27N3O2S. The maximum absolute atomic E-state index is 13.8. The summed E-state index contributed by atoms with van der Waals surface area (Å²) in [5, 5.41) is 6.81. The van der Waals surface area contributed by atoms with Crippen molar-refractivity contribution in [2.45, 2.75) is 32.6 Å². The van der Waals surface area contributed by atoms with Crippen molar-refractivity contribution in [3.63, 3.8) is 0 Å². The Balaban J connectivity index is 1.68. The van der Waals surface area contributed by atoms with Crippen molar-refractivity contribution in [2.75, 3.05) is 11.9 Å². The van der Waals surface area contributed by atoms with Crippen molar-refractivity contribution in [1.82, 2.24) is 10.3 Å². The van der Waals surface area contributed by atoms with Gasteiger partial charge in [0.1, 0.15) is 0 Å². The normalized spacial score (nSPS) is 12.8. The highest BCUT2D eigenvalue weighted by Gasteiger charge is 2.37. The zero-order valence-corrected chi connectivity index (χ0v) is 19.8. The van der Waals surface area contributed by atoms with Crippen molar-refractivity contribution >= 4 is 39.1 Å². The number of benzene rings is 3. The van der Waals surface area contributed by atoms with Crippen LogP contribution in [-0.4, -0.2) is 23.3 Å². The molecule has 4 aromatic rings. The topological polar surface area (TPSA) is 71.1 Å². The van der Waals surface area contributed by atoms with E-state index in [9.17, 15) is 9.59 Å². The molecule has 0 aliphatic rings. The summed E-state index contributed by atoms with van der Waals surface area (Å²) < 4.78 is 1.11. The Morgan fingerprint density at radius 2 is 1.73 bits per heavy atom. The van der Waals surface area contributed by atoms with E-state index in [2.05, 4.69) is 10.6 Å². The first-order valence-electron chi connectivity index (χ1n) is 11.0. The van der Waals surface area contributed by atoms with Crippen LogP contribution in [0.25, 0.3) is 10.2 Å². The summed E-state index contributed by atoms with van der Waals surface area (Å²) in [6.45, 7) is 6.29. The summed E-state index contributed by atoms with van der Waals surface area (Å²) in [6, 6.07) is 23.2. The van der Waals surface area contributed by atoms with Crippen molar-refractivity contribution in [3.8, 4) is 0 Å². The molecule has 0 aliphatic heterocycles. The van der Waals surface area contributed by atoms with Crippen LogP contribution in [0.2, 0.25) is 0 Å². The lowest BCUT2D eigenvalue weighted by molar-refractivity contribution is -0.121. The molecule has 6 heteroatoms. The fourth-order valence-electron chi connectivity index (χ4n) is 3.84. The second-order valence-electron chi connectivity index (χ2n) is 8.29. The first-order chi connectivity index (χ1) is 15.9. The number of fused-ring (bicyclic) bond motifs is 1. The smallest absolute Gasteiger partial charge is 0.251 e. The van der Waals surface area contributed by atoms with Crippen LogP contribution < -0.4 is 10.6 Å². The summed E-state index contributed by atoms with van der Waals surface area (Å²) in [5.74, 6) is -0.294. The van der Waals surface area contributed by atoms with Crippen molar-refractivity contribution in [3.05, 3.63) is 94.5 Å². The van der Waals surface area contributed by atoms with Gasteiger partial charge in [-0.3, -0.25) is 9.59 Å². The van der Waals surface area contributed by atoms with E-state index in [4.69, 9.17) is 4.98 Å². The lowest BCUT2D eigenvalue weighted by Gasteiger charge is -2.28. The van der Waals surface area contributed by atoms with E-state index in [-0.39, 0.29) is 11.8 Å². The third kappa shape index (κ3) is 4.81. The Morgan fingerprint density at radius 3 is 2.45 bits per heavy atom. The molecule has 0 fully saturated rings. The third-order valence-electron chi connectivity index (χ3n) is 5.84. The van der Waals surface area contributed by atoms with Gasteiger partial charge in [-0.2, -0.15) is 0 Å². The zero-order chi connectivity index (χ0) is 23.4. The predicted molar refractivity (Wildman–Crippen MR) is 135 cm³/mol. The average Bonchev–Trinajstić information content (AvgIpc) is 3.23. The molecule has 4 rings (SSSR count). The molecule has 2 N–H and O–H groups in total. The molecule has 1 unspecified atom stereocenters. The number of nitrogens with one attached hydrogen (secondary N) is 2. The number of hydrogen-bond acceptors (Lipinski definition) is 4. The summed E-state index contributed by atoms with van der Waals surface area (Å²) in [5.41, 5.74) is 3.06. The summed E-state index contributed by atoms with van der Waals surface area (Å²) in [4.78, 5) is 30.9. The molecule has 2 amide bonds. The number of anilines is 1. The SMILES string of the molecule is CCNC(=O)c1ccc(C)c(NC(=O)C(C)(Cc2nc3ccccc3s2)c2ccccc2)c1. The Bertz CT molecular complexity index is 1270. The van der Waals surface area contributed by atoms with E-state index in [1.165, 1.54) is 0 Å². The third-order valence-corrected chi connectivity index (χ3v) is 6.88. The van der Waals surface area contributed by atoms with Gasteiger partial charge in [-0.15, -0.1) is 11.3 Å². The van der Waals surface area contributed by atoms with E-state index in [1.807, 2.05) is 81.4 Å². The van der Waals surface area contributed by atoms with Gasteiger partial charge < -0.3 is 10.6 Å². The first-order valence-corrected chi connectivity index (χ1v) is 11.8. The van der Waals surface area contributed by atoms with Gasteiger partial charge in [0.15, 0.2) is 0 Å². The minimum Gasteiger partial charge on any atom is -0.352 e. The Kier molecular flexibility index (Phi) is 6.56. The minimum absolute atomic E-state index is 0.135. The zero-order valence-electron chi connectivity index (χ0n) is 19.0. The molecule has 1 atom stereocenters.